The Hall–Kier alpha value is -2.44. The predicted molar refractivity (Wildman–Crippen MR) is 97.6 cm³/mol. The SMILES string of the molecule is O=C(CCc1ccccc1)NNC(=S)NC(=O)c1ccccc1Cl. The number of halogens is 1. The van der Waals surface area contributed by atoms with Crippen LogP contribution in [-0.2, 0) is 11.2 Å². The maximum absolute atomic E-state index is 12.0. The van der Waals surface area contributed by atoms with Crippen molar-refractivity contribution >= 4 is 40.7 Å². The van der Waals surface area contributed by atoms with E-state index in [1.807, 2.05) is 30.3 Å². The van der Waals surface area contributed by atoms with E-state index in [0.717, 1.165) is 5.56 Å². The lowest BCUT2D eigenvalue weighted by atomic mass is 10.1. The Labute approximate surface area is 150 Å². The molecule has 0 fully saturated rings. The van der Waals surface area contributed by atoms with Crippen LogP contribution < -0.4 is 16.2 Å². The van der Waals surface area contributed by atoms with Gasteiger partial charge in [-0.25, -0.2) is 0 Å². The molecule has 0 unspecified atom stereocenters. The summed E-state index contributed by atoms with van der Waals surface area (Å²) in [5.41, 5.74) is 6.32. The van der Waals surface area contributed by atoms with E-state index >= 15 is 0 Å². The number of thiocarbonyl (C=S) groups is 1. The van der Waals surface area contributed by atoms with Crippen LogP contribution in [-0.4, -0.2) is 16.9 Å². The fraction of sp³-hybridized carbons (Fsp3) is 0.118. The molecule has 5 nitrogen and oxygen atoms in total. The summed E-state index contributed by atoms with van der Waals surface area (Å²) < 4.78 is 0. The third-order valence-electron chi connectivity index (χ3n) is 3.14. The molecule has 3 N–H and O–H groups in total. The number of rotatable bonds is 4. The van der Waals surface area contributed by atoms with Gasteiger partial charge in [0.1, 0.15) is 0 Å². The van der Waals surface area contributed by atoms with Crippen LogP contribution in [0, 0.1) is 0 Å². The van der Waals surface area contributed by atoms with Gasteiger partial charge in [0.05, 0.1) is 10.6 Å². The lowest BCUT2D eigenvalue weighted by Gasteiger charge is -2.11. The molecule has 0 aliphatic heterocycles. The molecule has 0 aliphatic rings. The van der Waals surface area contributed by atoms with Gasteiger partial charge in [0.25, 0.3) is 5.91 Å². The molecule has 0 heterocycles. The minimum atomic E-state index is -0.448. The third-order valence-corrected chi connectivity index (χ3v) is 3.68. The summed E-state index contributed by atoms with van der Waals surface area (Å²) in [5, 5.41) is 2.77. The summed E-state index contributed by atoms with van der Waals surface area (Å²) in [6, 6.07) is 16.3. The first-order valence-electron chi connectivity index (χ1n) is 7.25. The minimum absolute atomic E-state index is 0.00650. The van der Waals surface area contributed by atoms with E-state index in [4.69, 9.17) is 23.8 Å². The first kappa shape index (κ1) is 17.9. The first-order valence-corrected chi connectivity index (χ1v) is 8.03. The second-order valence-electron chi connectivity index (χ2n) is 4.92. The van der Waals surface area contributed by atoms with Gasteiger partial charge in [0.2, 0.25) is 5.91 Å². The number of benzene rings is 2. The van der Waals surface area contributed by atoms with Crippen molar-refractivity contribution in [3.63, 3.8) is 0 Å². The van der Waals surface area contributed by atoms with Crippen molar-refractivity contribution in [1.82, 2.24) is 16.2 Å². The molecular formula is C17H16ClN3O2S. The number of nitrogens with one attached hydrogen (secondary N) is 3. The zero-order chi connectivity index (χ0) is 17.4. The van der Waals surface area contributed by atoms with Crippen LogP contribution >= 0.6 is 23.8 Å². The highest BCUT2D eigenvalue weighted by molar-refractivity contribution is 7.80. The Kier molecular flexibility index (Phi) is 6.72. The molecule has 0 aromatic heterocycles. The number of hydrazine groups is 1. The van der Waals surface area contributed by atoms with E-state index in [1.165, 1.54) is 0 Å². The molecule has 0 saturated heterocycles. The van der Waals surface area contributed by atoms with Crippen molar-refractivity contribution in [3.05, 3.63) is 70.7 Å². The van der Waals surface area contributed by atoms with Gasteiger partial charge >= 0.3 is 0 Å². The highest BCUT2D eigenvalue weighted by atomic mass is 35.5. The Morgan fingerprint density at radius 1 is 0.958 bits per heavy atom. The summed E-state index contributed by atoms with van der Waals surface area (Å²) in [5.74, 6) is -0.676. The second-order valence-corrected chi connectivity index (χ2v) is 5.74. The minimum Gasteiger partial charge on any atom is -0.298 e. The molecule has 0 radical (unpaired) electrons. The van der Waals surface area contributed by atoms with Crippen LogP contribution in [0.15, 0.2) is 54.6 Å². The summed E-state index contributed by atoms with van der Waals surface area (Å²) in [6.07, 6.45) is 0.922. The van der Waals surface area contributed by atoms with Gasteiger partial charge in [-0.1, -0.05) is 54.1 Å². The molecule has 0 spiro atoms. The van der Waals surface area contributed by atoms with Gasteiger partial charge in [0, 0.05) is 6.42 Å². The normalized spacial score (nSPS) is 9.88. The first-order chi connectivity index (χ1) is 11.6. The largest absolute Gasteiger partial charge is 0.298 e. The van der Waals surface area contributed by atoms with E-state index in [2.05, 4.69) is 16.2 Å². The smallest absolute Gasteiger partial charge is 0.258 e. The molecule has 0 bridgehead atoms. The average molecular weight is 362 g/mol. The molecule has 2 aromatic carbocycles. The topological polar surface area (TPSA) is 70.2 Å². The number of aryl methyl sites for hydroxylation is 1. The van der Waals surface area contributed by atoms with Gasteiger partial charge in [-0.2, -0.15) is 0 Å². The predicted octanol–water partition coefficient (Wildman–Crippen LogP) is 2.61. The van der Waals surface area contributed by atoms with Crippen molar-refractivity contribution < 1.29 is 9.59 Å². The third kappa shape index (κ3) is 5.64. The van der Waals surface area contributed by atoms with E-state index in [-0.39, 0.29) is 11.0 Å². The molecule has 24 heavy (non-hydrogen) atoms. The second kappa shape index (κ2) is 9.00. The van der Waals surface area contributed by atoms with Gasteiger partial charge in [-0.3, -0.25) is 25.8 Å². The maximum Gasteiger partial charge on any atom is 0.258 e. The zero-order valence-electron chi connectivity index (χ0n) is 12.7. The van der Waals surface area contributed by atoms with Crippen LogP contribution in [0.1, 0.15) is 22.3 Å². The van der Waals surface area contributed by atoms with Crippen molar-refractivity contribution in [2.75, 3.05) is 0 Å². The van der Waals surface area contributed by atoms with Crippen molar-refractivity contribution in [3.8, 4) is 0 Å². The maximum atomic E-state index is 12.0. The summed E-state index contributed by atoms with van der Waals surface area (Å²) >= 11 is 10.9. The lowest BCUT2D eigenvalue weighted by Crippen LogP contribution is -2.48. The molecule has 0 saturated carbocycles. The highest BCUT2D eigenvalue weighted by Crippen LogP contribution is 2.14. The standard InChI is InChI=1S/C17H16ClN3O2S/c18-14-9-5-4-8-13(14)16(23)19-17(24)21-20-15(22)11-10-12-6-2-1-3-7-12/h1-9H,10-11H2,(H,20,22)(H2,19,21,23,24). The molecule has 2 rings (SSSR count). The van der Waals surface area contributed by atoms with Crippen molar-refractivity contribution in [2.24, 2.45) is 0 Å². The Balaban J connectivity index is 1.73. The van der Waals surface area contributed by atoms with Gasteiger partial charge < -0.3 is 0 Å². The monoisotopic (exact) mass is 361 g/mol. The van der Waals surface area contributed by atoms with Gasteiger partial charge in [0.15, 0.2) is 5.11 Å². The summed E-state index contributed by atoms with van der Waals surface area (Å²) in [4.78, 5) is 23.8. The van der Waals surface area contributed by atoms with Crippen LogP contribution in [0.3, 0.4) is 0 Å². The molecule has 7 heteroatoms. The molecule has 0 aliphatic carbocycles. The summed E-state index contributed by atoms with van der Waals surface area (Å²) in [6.45, 7) is 0. The number of carbonyl (C=O) groups excluding carboxylic acids is 2. The molecule has 2 amide bonds. The van der Waals surface area contributed by atoms with Gasteiger partial charge in [-0.15, -0.1) is 0 Å². The van der Waals surface area contributed by atoms with Crippen LogP contribution in [0.2, 0.25) is 5.02 Å². The summed E-state index contributed by atoms with van der Waals surface area (Å²) in [7, 11) is 0. The lowest BCUT2D eigenvalue weighted by molar-refractivity contribution is -0.121. The Bertz CT molecular complexity index is 738. The fourth-order valence-electron chi connectivity index (χ4n) is 1.94. The van der Waals surface area contributed by atoms with E-state index in [1.54, 1.807) is 24.3 Å². The van der Waals surface area contributed by atoms with E-state index in [9.17, 15) is 9.59 Å². The van der Waals surface area contributed by atoms with Crippen LogP contribution in [0.5, 0.6) is 0 Å². The molecule has 0 atom stereocenters. The zero-order valence-corrected chi connectivity index (χ0v) is 14.3. The van der Waals surface area contributed by atoms with E-state index in [0.29, 0.717) is 23.4 Å². The van der Waals surface area contributed by atoms with E-state index < -0.39 is 5.91 Å². The molecule has 2 aromatic rings. The van der Waals surface area contributed by atoms with Crippen molar-refractivity contribution in [2.45, 2.75) is 12.8 Å². The van der Waals surface area contributed by atoms with Crippen LogP contribution in [0.4, 0.5) is 0 Å². The Morgan fingerprint density at radius 2 is 1.62 bits per heavy atom. The molecular weight excluding hydrogens is 346 g/mol. The Morgan fingerprint density at radius 3 is 2.33 bits per heavy atom. The number of amides is 2. The number of hydrogen-bond donors (Lipinski definition) is 3. The van der Waals surface area contributed by atoms with Gasteiger partial charge in [-0.05, 0) is 36.3 Å². The fourth-order valence-corrected chi connectivity index (χ4v) is 2.30. The quantitative estimate of drug-likeness (QED) is 0.578. The van der Waals surface area contributed by atoms with Crippen molar-refractivity contribution in [1.29, 1.82) is 0 Å². The van der Waals surface area contributed by atoms with Crippen LogP contribution in [0.25, 0.3) is 0 Å². The number of hydrogen-bond acceptors (Lipinski definition) is 3. The highest BCUT2D eigenvalue weighted by Gasteiger charge is 2.11. The molecule has 124 valence electrons. The number of carbonyl (C=O) groups is 2. The average Bonchev–Trinajstić information content (AvgIpc) is 2.59.